The topological polar surface area (TPSA) is 38.7 Å². The van der Waals surface area contributed by atoms with Crippen molar-refractivity contribution >= 4 is 17.4 Å². The molecule has 1 heterocycles. The van der Waals surface area contributed by atoms with Gasteiger partial charge in [0.05, 0.1) is 18.7 Å². The molecule has 0 fully saturated rings. The summed E-state index contributed by atoms with van der Waals surface area (Å²) in [7, 11) is 0. The van der Waals surface area contributed by atoms with Gasteiger partial charge in [-0.1, -0.05) is 18.2 Å². The Kier molecular flexibility index (Phi) is 3.01. The smallest absolute Gasteiger partial charge is 0.307 e. The number of para-hydroxylation sites is 1. The van der Waals surface area contributed by atoms with Gasteiger partial charge in [0.2, 0.25) is 0 Å². The van der Waals surface area contributed by atoms with Crippen molar-refractivity contribution in [1.29, 1.82) is 0 Å². The molecule has 3 nitrogen and oxygen atoms in total. The van der Waals surface area contributed by atoms with Crippen molar-refractivity contribution in [2.45, 2.75) is 32.6 Å². The summed E-state index contributed by atoms with van der Waals surface area (Å²) >= 11 is 0. The van der Waals surface area contributed by atoms with E-state index in [0.29, 0.717) is 13.0 Å². The largest absolute Gasteiger partial charge is 0.466 e. The van der Waals surface area contributed by atoms with Crippen LogP contribution < -0.4 is 0 Å². The van der Waals surface area contributed by atoms with Crippen LogP contribution in [0.15, 0.2) is 29.3 Å². The normalized spacial score (nSPS) is 21.9. The first kappa shape index (κ1) is 11.8. The van der Waals surface area contributed by atoms with Crippen LogP contribution in [0.5, 0.6) is 0 Å². The van der Waals surface area contributed by atoms with Crippen molar-refractivity contribution in [3.8, 4) is 0 Å². The van der Waals surface area contributed by atoms with Crippen LogP contribution in [0.1, 0.15) is 32.8 Å². The third-order valence-electron chi connectivity index (χ3n) is 3.39. The quantitative estimate of drug-likeness (QED) is 0.750. The lowest BCUT2D eigenvalue weighted by atomic mass is 9.77. The Morgan fingerprint density at radius 2 is 2.12 bits per heavy atom. The lowest BCUT2D eigenvalue weighted by Crippen LogP contribution is -2.31. The summed E-state index contributed by atoms with van der Waals surface area (Å²) in [4.78, 5) is 16.2. The van der Waals surface area contributed by atoms with Gasteiger partial charge >= 0.3 is 5.97 Å². The zero-order valence-electron chi connectivity index (χ0n) is 10.5. The van der Waals surface area contributed by atoms with E-state index in [-0.39, 0.29) is 11.4 Å². The van der Waals surface area contributed by atoms with Crippen LogP contribution in [0.4, 0.5) is 5.69 Å². The number of benzene rings is 1. The third-order valence-corrected chi connectivity index (χ3v) is 3.39. The molecule has 0 spiro atoms. The number of carbonyl (C=O) groups excluding carboxylic acids is 1. The molecule has 90 valence electrons. The Morgan fingerprint density at radius 3 is 2.82 bits per heavy atom. The Balaban J connectivity index is 2.32. The fourth-order valence-corrected chi connectivity index (χ4v) is 2.26. The standard InChI is InChI=1S/C14H17NO2/c1-4-17-13(16)9-14(3)10(2)15-12-8-6-5-7-11(12)14/h5-8H,4,9H2,1-3H3. The highest BCUT2D eigenvalue weighted by Crippen LogP contribution is 2.42. The van der Waals surface area contributed by atoms with Crippen molar-refractivity contribution < 1.29 is 9.53 Å². The highest BCUT2D eigenvalue weighted by atomic mass is 16.5. The summed E-state index contributed by atoms with van der Waals surface area (Å²) in [5, 5.41) is 0. The summed E-state index contributed by atoms with van der Waals surface area (Å²) in [6.07, 6.45) is 0.354. The maximum Gasteiger partial charge on any atom is 0.307 e. The van der Waals surface area contributed by atoms with E-state index in [2.05, 4.69) is 11.9 Å². The molecule has 0 saturated heterocycles. The number of rotatable bonds is 3. The summed E-state index contributed by atoms with van der Waals surface area (Å²) in [6.45, 7) is 6.27. The van der Waals surface area contributed by atoms with E-state index < -0.39 is 0 Å². The summed E-state index contributed by atoms with van der Waals surface area (Å²) < 4.78 is 5.04. The highest BCUT2D eigenvalue weighted by Gasteiger charge is 2.38. The first-order chi connectivity index (χ1) is 8.08. The van der Waals surface area contributed by atoms with Crippen LogP contribution in [-0.2, 0) is 14.9 Å². The number of hydrogen-bond acceptors (Lipinski definition) is 3. The monoisotopic (exact) mass is 231 g/mol. The maximum atomic E-state index is 11.7. The highest BCUT2D eigenvalue weighted by molar-refractivity contribution is 6.02. The molecular weight excluding hydrogens is 214 g/mol. The van der Waals surface area contributed by atoms with Gasteiger partial charge in [-0.3, -0.25) is 9.79 Å². The Hall–Kier alpha value is -1.64. The number of esters is 1. The first-order valence-corrected chi connectivity index (χ1v) is 5.89. The van der Waals surface area contributed by atoms with Crippen molar-refractivity contribution in [3.05, 3.63) is 29.8 Å². The molecule has 1 aliphatic heterocycles. The lowest BCUT2D eigenvalue weighted by Gasteiger charge is -2.24. The number of hydrogen-bond donors (Lipinski definition) is 0. The molecule has 0 aromatic heterocycles. The SMILES string of the molecule is CCOC(=O)CC1(C)C(C)=Nc2ccccc21. The van der Waals surface area contributed by atoms with Crippen molar-refractivity contribution in [1.82, 2.24) is 0 Å². The van der Waals surface area contributed by atoms with Gasteiger partial charge in [-0.05, 0) is 32.4 Å². The fraction of sp³-hybridized carbons (Fsp3) is 0.429. The second-order valence-corrected chi connectivity index (χ2v) is 4.53. The first-order valence-electron chi connectivity index (χ1n) is 5.89. The van der Waals surface area contributed by atoms with Crippen LogP contribution in [0.25, 0.3) is 0 Å². The van der Waals surface area contributed by atoms with E-state index >= 15 is 0 Å². The van der Waals surface area contributed by atoms with Crippen LogP contribution in [-0.4, -0.2) is 18.3 Å². The second-order valence-electron chi connectivity index (χ2n) is 4.53. The number of aliphatic imine (C=N–C) groups is 1. The molecule has 1 unspecified atom stereocenters. The van der Waals surface area contributed by atoms with Gasteiger partial charge in [0.1, 0.15) is 0 Å². The van der Waals surface area contributed by atoms with E-state index in [4.69, 9.17) is 4.74 Å². The number of fused-ring (bicyclic) bond motifs is 1. The second kappa shape index (κ2) is 4.32. The minimum Gasteiger partial charge on any atom is -0.466 e. The van der Waals surface area contributed by atoms with Gasteiger partial charge in [-0.2, -0.15) is 0 Å². The third kappa shape index (κ3) is 1.97. The Labute approximate surface area is 102 Å². The predicted molar refractivity (Wildman–Crippen MR) is 67.8 cm³/mol. The van der Waals surface area contributed by atoms with Gasteiger partial charge in [0, 0.05) is 11.1 Å². The van der Waals surface area contributed by atoms with E-state index in [0.717, 1.165) is 17.0 Å². The summed E-state index contributed by atoms with van der Waals surface area (Å²) in [6, 6.07) is 7.96. The molecule has 0 aliphatic carbocycles. The summed E-state index contributed by atoms with van der Waals surface area (Å²) in [5.74, 6) is -0.166. The molecule has 1 aromatic rings. The van der Waals surface area contributed by atoms with Crippen molar-refractivity contribution in [2.24, 2.45) is 4.99 Å². The van der Waals surface area contributed by atoms with Gasteiger partial charge < -0.3 is 4.74 Å². The summed E-state index contributed by atoms with van der Waals surface area (Å²) in [5.41, 5.74) is 2.75. The van der Waals surface area contributed by atoms with Crippen molar-refractivity contribution in [2.75, 3.05) is 6.61 Å². The molecule has 3 heteroatoms. The minimum atomic E-state index is -0.317. The van der Waals surface area contributed by atoms with Crippen LogP contribution in [0.2, 0.25) is 0 Å². The molecule has 0 saturated carbocycles. The molecule has 1 aromatic carbocycles. The Morgan fingerprint density at radius 1 is 1.41 bits per heavy atom. The van der Waals surface area contributed by atoms with Gasteiger partial charge in [-0.25, -0.2) is 0 Å². The van der Waals surface area contributed by atoms with Crippen LogP contribution in [0.3, 0.4) is 0 Å². The van der Waals surface area contributed by atoms with Crippen LogP contribution >= 0.6 is 0 Å². The fourth-order valence-electron chi connectivity index (χ4n) is 2.26. The zero-order valence-corrected chi connectivity index (χ0v) is 10.5. The molecule has 0 amide bonds. The average Bonchev–Trinajstić information content (AvgIpc) is 2.52. The predicted octanol–water partition coefficient (Wildman–Crippen LogP) is 3.00. The van der Waals surface area contributed by atoms with E-state index in [1.54, 1.807) is 0 Å². The lowest BCUT2D eigenvalue weighted by molar-refractivity contribution is -0.143. The molecule has 0 radical (unpaired) electrons. The number of carbonyl (C=O) groups is 1. The van der Waals surface area contributed by atoms with E-state index in [1.807, 2.05) is 38.1 Å². The molecular formula is C14H17NO2. The molecule has 0 bridgehead atoms. The van der Waals surface area contributed by atoms with Crippen molar-refractivity contribution in [3.63, 3.8) is 0 Å². The molecule has 1 atom stereocenters. The van der Waals surface area contributed by atoms with Gasteiger partial charge in [-0.15, -0.1) is 0 Å². The van der Waals surface area contributed by atoms with Crippen LogP contribution in [0, 0.1) is 0 Å². The van der Waals surface area contributed by atoms with Gasteiger partial charge in [0.15, 0.2) is 0 Å². The number of nitrogens with zero attached hydrogens (tertiary/aromatic N) is 1. The molecule has 1 aliphatic rings. The molecule has 17 heavy (non-hydrogen) atoms. The molecule has 0 N–H and O–H groups in total. The van der Waals surface area contributed by atoms with Gasteiger partial charge in [0.25, 0.3) is 0 Å². The van der Waals surface area contributed by atoms with E-state index in [9.17, 15) is 4.79 Å². The average molecular weight is 231 g/mol. The number of ether oxygens (including phenoxy) is 1. The Bertz CT molecular complexity index is 479. The van der Waals surface area contributed by atoms with E-state index in [1.165, 1.54) is 0 Å². The molecule has 2 rings (SSSR count). The zero-order chi connectivity index (χ0) is 12.5. The maximum absolute atomic E-state index is 11.7. The minimum absolute atomic E-state index is 0.166.